The monoisotopic (exact) mass is 299 g/mol. The molecule has 0 saturated heterocycles. The van der Waals surface area contributed by atoms with Crippen LogP contribution in [0.2, 0.25) is 0 Å². The van der Waals surface area contributed by atoms with E-state index in [1.165, 1.54) is 0 Å². The van der Waals surface area contributed by atoms with Crippen LogP contribution in [0, 0.1) is 5.41 Å². The van der Waals surface area contributed by atoms with Crippen molar-refractivity contribution in [1.82, 2.24) is 0 Å². The van der Waals surface area contributed by atoms with Crippen LogP contribution < -0.4 is 5.32 Å². The summed E-state index contributed by atoms with van der Waals surface area (Å²) in [4.78, 5) is 11.1. The number of aromatic carboxylic acids is 1. The van der Waals surface area contributed by atoms with Crippen LogP contribution in [0.25, 0.3) is 0 Å². The molecule has 0 amide bonds. The lowest BCUT2D eigenvalue weighted by Crippen LogP contribution is -2.23. The van der Waals surface area contributed by atoms with Gasteiger partial charge >= 0.3 is 5.97 Å². The van der Waals surface area contributed by atoms with Crippen LogP contribution >= 0.6 is 15.9 Å². The molecule has 1 rings (SSSR count). The van der Waals surface area contributed by atoms with Gasteiger partial charge in [-0.3, -0.25) is 0 Å². The third kappa shape index (κ3) is 4.04. The molecular formula is C13H18BrNO2. The molecular weight excluding hydrogens is 282 g/mol. The third-order valence-electron chi connectivity index (χ3n) is 2.93. The Morgan fingerprint density at radius 1 is 1.47 bits per heavy atom. The number of carbonyl (C=O) groups is 1. The molecule has 0 heterocycles. The second-order valence-electron chi connectivity index (χ2n) is 4.87. The second-order valence-corrected chi connectivity index (χ2v) is 5.78. The van der Waals surface area contributed by atoms with Gasteiger partial charge in [0.1, 0.15) is 0 Å². The van der Waals surface area contributed by atoms with Gasteiger partial charge in [0.15, 0.2) is 0 Å². The van der Waals surface area contributed by atoms with Crippen LogP contribution in [0.3, 0.4) is 0 Å². The molecule has 0 aromatic heterocycles. The first kappa shape index (κ1) is 14.0. The molecule has 0 bridgehead atoms. The highest BCUT2D eigenvalue weighted by Crippen LogP contribution is 2.25. The van der Waals surface area contributed by atoms with E-state index in [1.807, 2.05) is 0 Å². The van der Waals surface area contributed by atoms with Crippen molar-refractivity contribution in [2.45, 2.75) is 27.2 Å². The van der Waals surface area contributed by atoms with E-state index < -0.39 is 5.97 Å². The average Bonchev–Trinajstić information content (AvgIpc) is 2.26. The smallest absolute Gasteiger partial charge is 0.337 e. The Kier molecular flexibility index (Phi) is 4.57. The number of anilines is 1. The van der Waals surface area contributed by atoms with Crippen LogP contribution in [0.5, 0.6) is 0 Å². The van der Waals surface area contributed by atoms with E-state index in [2.05, 4.69) is 42.0 Å². The fourth-order valence-electron chi connectivity index (χ4n) is 1.31. The fourth-order valence-corrected chi connectivity index (χ4v) is 1.67. The van der Waals surface area contributed by atoms with Crippen molar-refractivity contribution in [3.63, 3.8) is 0 Å². The van der Waals surface area contributed by atoms with Gasteiger partial charge in [-0.2, -0.15) is 0 Å². The second kappa shape index (κ2) is 5.54. The van der Waals surface area contributed by atoms with Crippen molar-refractivity contribution < 1.29 is 9.90 Å². The number of halogens is 1. The minimum atomic E-state index is -0.908. The van der Waals surface area contributed by atoms with Crippen molar-refractivity contribution in [2.75, 3.05) is 11.9 Å². The quantitative estimate of drug-likeness (QED) is 0.864. The highest BCUT2D eigenvalue weighted by Gasteiger charge is 2.17. The van der Waals surface area contributed by atoms with E-state index in [0.29, 0.717) is 11.3 Å². The molecule has 0 spiro atoms. The maximum atomic E-state index is 11.1. The van der Waals surface area contributed by atoms with Crippen LogP contribution in [-0.4, -0.2) is 17.6 Å². The molecule has 17 heavy (non-hydrogen) atoms. The lowest BCUT2D eigenvalue weighted by Gasteiger charge is -2.24. The topological polar surface area (TPSA) is 49.3 Å². The zero-order valence-corrected chi connectivity index (χ0v) is 12.0. The van der Waals surface area contributed by atoms with E-state index in [-0.39, 0.29) is 5.41 Å². The molecule has 0 aliphatic rings. The SMILES string of the molecule is CCC(C)(C)CNc1cc(Br)ccc1C(=O)O. The van der Waals surface area contributed by atoms with Crippen LogP contribution in [-0.2, 0) is 0 Å². The lowest BCUT2D eigenvalue weighted by molar-refractivity contribution is 0.0698. The van der Waals surface area contributed by atoms with Crippen molar-refractivity contribution in [3.05, 3.63) is 28.2 Å². The Morgan fingerprint density at radius 3 is 2.65 bits per heavy atom. The molecule has 3 nitrogen and oxygen atoms in total. The summed E-state index contributed by atoms with van der Waals surface area (Å²) in [5.74, 6) is -0.908. The van der Waals surface area contributed by atoms with E-state index in [0.717, 1.165) is 17.4 Å². The summed E-state index contributed by atoms with van der Waals surface area (Å²) < 4.78 is 0.874. The molecule has 1 aromatic rings. The van der Waals surface area contributed by atoms with Crippen molar-refractivity contribution in [3.8, 4) is 0 Å². The molecule has 0 aliphatic heterocycles. The lowest BCUT2D eigenvalue weighted by atomic mass is 9.90. The number of hydrogen-bond acceptors (Lipinski definition) is 2. The number of hydrogen-bond donors (Lipinski definition) is 2. The van der Waals surface area contributed by atoms with E-state index in [1.54, 1.807) is 18.2 Å². The molecule has 2 N–H and O–H groups in total. The van der Waals surface area contributed by atoms with Crippen molar-refractivity contribution in [2.24, 2.45) is 5.41 Å². The first-order valence-corrected chi connectivity index (χ1v) is 6.42. The normalized spacial score (nSPS) is 11.3. The minimum absolute atomic E-state index is 0.151. The van der Waals surface area contributed by atoms with E-state index >= 15 is 0 Å². The predicted octanol–water partition coefficient (Wildman–Crippen LogP) is 4.00. The molecule has 0 radical (unpaired) electrons. The highest BCUT2D eigenvalue weighted by atomic mass is 79.9. The maximum absolute atomic E-state index is 11.1. The summed E-state index contributed by atoms with van der Waals surface area (Å²) in [6.07, 6.45) is 1.04. The van der Waals surface area contributed by atoms with Gasteiger partial charge in [0.2, 0.25) is 0 Å². The van der Waals surface area contributed by atoms with Crippen LogP contribution in [0.15, 0.2) is 22.7 Å². The third-order valence-corrected chi connectivity index (χ3v) is 3.42. The number of rotatable bonds is 5. The molecule has 0 saturated carbocycles. The summed E-state index contributed by atoms with van der Waals surface area (Å²) in [6.45, 7) is 7.18. The summed E-state index contributed by atoms with van der Waals surface area (Å²) in [6, 6.07) is 5.14. The largest absolute Gasteiger partial charge is 0.478 e. The fraction of sp³-hybridized carbons (Fsp3) is 0.462. The molecule has 0 fully saturated rings. The number of carboxylic acid groups (broad SMARTS) is 1. The Hall–Kier alpha value is -1.03. The number of benzene rings is 1. The van der Waals surface area contributed by atoms with Gasteiger partial charge < -0.3 is 10.4 Å². The van der Waals surface area contributed by atoms with Gasteiger partial charge in [-0.25, -0.2) is 4.79 Å². The Balaban J connectivity index is 2.89. The van der Waals surface area contributed by atoms with Crippen molar-refractivity contribution in [1.29, 1.82) is 0 Å². The van der Waals surface area contributed by atoms with Crippen LogP contribution in [0.1, 0.15) is 37.6 Å². The first-order chi connectivity index (χ1) is 7.85. The maximum Gasteiger partial charge on any atom is 0.337 e. The highest BCUT2D eigenvalue weighted by molar-refractivity contribution is 9.10. The first-order valence-electron chi connectivity index (χ1n) is 5.62. The molecule has 94 valence electrons. The van der Waals surface area contributed by atoms with Gasteiger partial charge in [-0.05, 0) is 30.0 Å². The van der Waals surface area contributed by atoms with Crippen molar-refractivity contribution >= 4 is 27.6 Å². The van der Waals surface area contributed by atoms with Gasteiger partial charge in [-0.1, -0.05) is 36.7 Å². The molecule has 0 unspecified atom stereocenters. The average molecular weight is 300 g/mol. The summed E-state index contributed by atoms with van der Waals surface area (Å²) in [5.41, 5.74) is 1.12. The van der Waals surface area contributed by atoms with Gasteiger partial charge in [0.05, 0.1) is 5.56 Å². The van der Waals surface area contributed by atoms with E-state index in [4.69, 9.17) is 5.11 Å². The molecule has 4 heteroatoms. The van der Waals surface area contributed by atoms with Crippen LogP contribution in [0.4, 0.5) is 5.69 Å². The Morgan fingerprint density at radius 2 is 2.12 bits per heavy atom. The van der Waals surface area contributed by atoms with E-state index in [9.17, 15) is 4.79 Å². The molecule has 1 aromatic carbocycles. The summed E-state index contributed by atoms with van der Waals surface area (Å²) >= 11 is 3.35. The Labute approximate surface area is 110 Å². The Bertz CT molecular complexity index is 416. The zero-order valence-electron chi connectivity index (χ0n) is 10.4. The molecule has 0 aliphatic carbocycles. The standard InChI is InChI=1S/C13H18BrNO2/c1-4-13(2,3)8-15-11-7-9(14)5-6-10(11)12(16)17/h5-7,15H,4,8H2,1-3H3,(H,16,17). The molecule has 0 atom stereocenters. The minimum Gasteiger partial charge on any atom is -0.478 e. The predicted molar refractivity (Wildman–Crippen MR) is 73.7 cm³/mol. The number of carboxylic acids is 1. The van der Waals surface area contributed by atoms with Gasteiger partial charge in [-0.15, -0.1) is 0 Å². The zero-order chi connectivity index (χ0) is 13.1. The number of nitrogens with one attached hydrogen (secondary N) is 1. The van der Waals surface area contributed by atoms with Gasteiger partial charge in [0.25, 0.3) is 0 Å². The summed E-state index contributed by atoms with van der Waals surface area (Å²) in [5, 5.41) is 12.3. The van der Waals surface area contributed by atoms with Gasteiger partial charge in [0, 0.05) is 16.7 Å². The summed E-state index contributed by atoms with van der Waals surface area (Å²) in [7, 11) is 0.